The number of rotatable bonds is 5. The highest BCUT2D eigenvalue weighted by atomic mass is 16.7. The van der Waals surface area contributed by atoms with E-state index in [-0.39, 0.29) is 18.2 Å². The van der Waals surface area contributed by atoms with Gasteiger partial charge in [0.1, 0.15) is 5.78 Å². The lowest BCUT2D eigenvalue weighted by molar-refractivity contribution is -0.222. The van der Waals surface area contributed by atoms with Crippen LogP contribution in [-0.2, 0) is 23.8 Å². The average molecular weight is 310 g/mol. The molecule has 0 radical (unpaired) electrons. The first-order valence-electron chi connectivity index (χ1n) is 7.89. The van der Waals surface area contributed by atoms with Crippen molar-refractivity contribution in [3.8, 4) is 0 Å². The molecule has 0 aromatic carbocycles. The van der Waals surface area contributed by atoms with E-state index in [2.05, 4.69) is 6.58 Å². The van der Waals surface area contributed by atoms with E-state index in [1.165, 1.54) is 0 Å². The Bertz CT molecular complexity index is 462. The maximum absolute atomic E-state index is 13.1. The smallest absolute Gasteiger partial charge is 0.306 e. The van der Waals surface area contributed by atoms with Gasteiger partial charge in [-0.05, 0) is 13.3 Å². The Labute approximate surface area is 132 Å². The first-order valence-corrected chi connectivity index (χ1v) is 7.89. The molecule has 2 rings (SSSR count). The summed E-state index contributed by atoms with van der Waals surface area (Å²) >= 11 is 0. The molecule has 124 valence electrons. The van der Waals surface area contributed by atoms with Gasteiger partial charge in [-0.25, -0.2) is 0 Å². The van der Waals surface area contributed by atoms with Crippen molar-refractivity contribution in [1.82, 2.24) is 0 Å². The largest absolute Gasteiger partial charge is 0.466 e. The van der Waals surface area contributed by atoms with Crippen molar-refractivity contribution in [1.29, 1.82) is 0 Å². The Morgan fingerprint density at radius 1 is 1.32 bits per heavy atom. The molecule has 2 aliphatic rings. The number of carbonyl (C=O) groups is 2. The molecule has 2 fully saturated rings. The maximum atomic E-state index is 13.1. The molecule has 0 amide bonds. The minimum absolute atomic E-state index is 0.0452. The number of carbonyl (C=O) groups excluding carboxylic acids is 2. The van der Waals surface area contributed by atoms with Gasteiger partial charge in [0, 0.05) is 23.7 Å². The summed E-state index contributed by atoms with van der Waals surface area (Å²) in [5.41, 5.74) is -1.47. The van der Waals surface area contributed by atoms with Gasteiger partial charge in [-0.2, -0.15) is 0 Å². The van der Waals surface area contributed by atoms with E-state index in [9.17, 15) is 9.59 Å². The van der Waals surface area contributed by atoms with E-state index in [0.717, 1.165) is 0 Å². The number of Topliss-reactive ketones (excluding diaryl/α,β-unsaturated/α-hetero) is 1. The molecule has 0 aromatic rings. The summed E-state index contributed by atoms with van der Waals surface area (Å²) in [5.74, 6) is -1.06. The van der Waals surface area contributed by atoms with E-state index in [1.54, 1.807) is 13.0 Å². The van der Waals surface area contributed by atoms with Crippen LogP contribution in [-0.4, -0.2) is 37.4 Å². The summed E-state index contributed by atoms with van der Waals surface area (Å²) < 4.78 is 16.8. The zero-order valence-electron chi connectivity index (χ0n) is 13.8. The van der Waals surface area contributed by atoms with Crippen molar-refractivity contribution in [3.05, 3.63) is 12.7 Å². The van der Waals surface area contributed by atoms with Crippen molar-refractivity contribution in [2.24, 2.45) is 10.8 Å². The summed E-state index contributed by atoms with van der Waals surface area (Å²) in [6.45, 7) is 10.7. The Morgan fingerprint density at radius 3 is 2.50 bits per heavy atom. The van der Waals surface area contributed by atoms with Crippen LogP contribution in [0.5, 0.6) is 0 Å². The van der Waals surface area contributed by atoms with Gasteiger partial charge in [-0.1, -0.05) is 19.9 Å². The van der Waals surface area contributed by atoms with Crippen LogP contribution >= 0.6 is 0 Å². The number of allylic oxidation sites excluding steroid dienone is 1. The lowest BCUT2D eigenvalue weighted by Gasteiger charge is -2.49. The molecule has 22 heavy (non-hydrogen) atoms. The average Bonchev–Trinajstić information content (AvgIpc) is 2.83. The van der Waals surface area contributed by atoms with Crippen LogP contribution in [0.3, 0.4) is 0 Å². The van der Waals surface area contributed by atoms with Gasteiger partial charge in [-0.3, -0.25) is 9.59 Å². The Morgan fingerprint density at radius 2 is 1.95 bits per heavy atom. The van der Waals surface area contributed by atoms with E-state index in [1.807, 2.05) is 13.8 Å². The second-order valence-corrected chi connectivity index (χ2v) is 6.93. The fourth-order valence-corrected chi connectivity index (χ4v) is 3.98. The van der Waals surface area contributed by atoms with Gasteiger partial charge in [0.25, 0.3) is 0 Å². The molecule has 1 saturated carbocycles. The predicted octanol–water partition coefficient (Wildman–Crippen LogP) is 2.63. The molecule has 5 nitrogen and oxygen atoms in total. The second kappa shape index (κ2) is 6.13. The van der Waals surface area contributed by atoms with E-state index >= 15 is 0 Å². The standard InChI is InChI=1S/C17H26O5/c1-5-7-16(10-13(18)20-6-2)12-17(21-8-9-22-17)11-15(3,4)14(16)19/h5H,1,6-12H2,2-4H3/t16-/m1/s1. The van der Waals surface area contributed by atoms with Gasteiger partial charge >= 0.3 is 5.97 Å². The zero-order chi connectivity index (χ0) is 16.4. The van der Waals surface area contributed by atoms with Crippen LogP contribution in [0.4, 0.5) is 0 Å². The number of esters is 1. The Hall–Kier alpha value is -1.20. The monoisotopic (exact) mass is 310 g/mol. The second-order valence-electron chi connectivity index (χ2n) is 6.93. The van der Waals surface area contributed by atoms with Crippen molar-refractivity contribution in [3.63, 3.8) is 0 Å². The van der Waals surface area contributed by atoms with Crippen LogP contribution in [0.15, 0.2) is 12.7 Å². The molecule has 1 atom stereocenters. The highest BCUT2D eigenvalue weighted by Crippen LogP contribution is 2.54. The van der Waals surface area contributed by atoms with Gasteiger partial charge in [0.15, 0.2) is 5.79 Å². The SMILES string of the molecule is C=CC[C@@]1(CC(=O)OCC)CC2(CC(C)(C)C1=O)OCCO2. The fourth-order valence-electron chi connectivity index (χ4n) is 3.98. The molecular formula is C17H26O5. The van der Waals surface area contributed by atoms with Crippen LogP contribution in [0.2, 0.25) is 0 Å². The van der Waals surface area contributed by atoms with Crippen LogP contribution in [0, 0.1) is 10.8 Å². The summed E-state index contributed by atoms with van der Waals surface area (Å²) in [7, 11) is 0. The third-order valence-corrected chi connectivity index (χ3v) is 4.55. The van der Waals surface area contributed by atoms with Gasteiger partial charge < -0.3 is 14.2 Å². The number of ether oxygens (including phenoxy) is 3. The molecule has 0 aromatic heterocycles. The molecule has 0 unspecified atom stereocenters. The summed E-state index contributed by atoms with van der Waals surface area (Å²) in [5, 5.41) is 0. The molecule has 1 heterocycles. The van der Waals surface area contributed by atoms with Crippen molar-refractivity contribution in [2.45, 2.75) is 52.2 Å². The van der Waals surface area contributed by atoms with Crippen LogP contribution < -0.4 is 0 Å². The van der Waals surface area contributed by atoms with E-state index in [4.69, 9.17) is 14.2 Å². The maximum Gasteiger partial charge on any atom is 0.306 e. The highest BCUT2D eigenvalue weighted by Gasteiger charge is 2.60. The third kappa shape index (κ3) is 3.10. The molecule has 0 N–H and O–H groups in total. The van der Waals surface area contributed by atoms with Crippen molar-refractivity contribution >= 4 is 11.8 Å². The van der Waals surface area contributed by atoms with Gasteiger partial charge in [0.05, 0.1) is 26.2 Å². The normalized spacial score (nSPS) is 29.5. The Kier molecular flexibility index (Phi) is 4.78. The lowest BCUT2D eigenvalue weighted by Crippen LogP contribution is -2.56. The van der Waals surface area contributed by atoms with Crippen molar-refractivity contribution < 1.29 is 23.8 Å². The van der Waals surface area contributed by atoms with Crippen LogP contribution in [0.25, 0.3) is 0 Å². The first-order chi connectivity index (χ1) is 10.3. The highest BCUT2D eigenvalue weighted by molar-refractivity contribution is 5.94. The topological polar surface area (TPSA) is 61.8 Å². The van der Waals surface area contributed by atoms with E-state index in [0.29, 0.717) is 39.1 Å². The predicted molar refractivity (Wildman–Crippen MR) is 81.2 cm³/mol. The summed E-state index contributed by atoms with van der Waals surface area (Å²) in [6.07, 6.45) is 3.06. The number of ketones is 1. The minimum atomic E-state index is -0.861. The molecule has 0 bridgehead atoms. The molecule has 1 aliphatic heterocycles. The summed E-state index contributed by atoms with van der Waals surface area (Å²) in [6, 6.07) is 0. The number of hydrogen-bond donors (Lipinski definition) is 0. The van der Waals surface area contributed by atoms with Gasteiger partial charge in [0.2, 0.25) is 0 Å². The molecule has 1 aliphatic carbocycles. The fraction of sp³-hybridized carbons (Fsp3) is 0.765. The minimum Gasteiger partial charge on any atom is -0.466 e. The third-order valence-electron chi connectivity index (χ3n) is 4.55. The quantitative estimate of drug-likeness (QED) is 0.577. The molecule has 5 heteroatoms. The summed E-state index contributed by atoms with van der Waals surface area (Å²) in [4.78, 5) is 25.1. The molecule has 1 spiro atoms. The van der Waals surface area contributed by atoms with Gasteiger partial charge in [-0.15, -0.1) is 6.58 Å². The van der Waals surface area contributed by atoms with Crippen molar-refractivity contribution in [2.75, 3.05) is 19.8 Å². The zero-order valence-corrected chi connectivity index (χ0v) is 13.8. The Balaban J connectivity index is 2.36. The first kappa shape index (κ1) is 17.2. The lowest BCUT2D eigenvalue weighted by atomic mass is 9.57. The molecule has 1 saturated heterocycles. The van der Waals surface area contributed by atoms with Crippen LogP contribution in [0.1, 0.15) is 46.5 Å². The number of hydrogen-bond acceptors (Lipinski definition) is 5. The molecular weight excluding hydrogens is 284 g/mol. The van der Waals surface area contributed by atoms with E-state index < -0.39 is 16.6 Å².